The van der Waals surface area contributed by atoms with Crippen LogP contribution in [0.5, 0.6) is 0 Å². The second-order valence-electron chi connectivity index (χ2n) is 5.23. The van der Waals surface area contributed by atoms with E-state index in [0.717, 1.165) is 12.5 Å². The van der Waals surface area contributed by atoms with Crippen molar-refractivity contribution >= 4 is 0 Å². The van der Waals surface area contributed by atoms with Crippen LogP contribution in [0.1, 0.15) is 51.3 Å². The zero-order chi connectivity index (χ0) is 11.5. The molecule has 1 aliphatic heterocycles. The van der Waals surface area contributed by atoms with E-state index in [1.54, 1.807) is 0 Å². The summed E-state index contributed by atoms with van der Waals surface area (Å²) in [5.41, 5.74) is 1.36. The van der Waals surface area contributed by atoms with Gasteiger partial charge in [-0.25, -0.2) is 4.98 Å². The maximum atomic E-state index is 4.30. The van der Waals surface area contributed by atoms with Crippen molar-refractivity contribution in [1.82, 2.24) is 14.9 Å². The molecule has 1 N–H and O–H groups in total. The number of rotatable bonds is 3. The first kappa shape index (κ1) is 11.6. The van der Waals surface area contributed by atoms with Gasteiger partial charge in [0.25, 0.3) is 0 Å². The SMILES string of the molecule is CC(C)c1cncn1C(C)C1CCCNC1. The Kier molecular flexibility index (Phi) is 3.64. The van der Waals surface area contributed by atoms with Crippen LogP contribution in [-0.2, 0) is 0 Å². The summed E-state index contributed by atoms with van der Waals surface area (Å²) in [6.07, 6.45) is 6.65. The summed E-state index contributed by atoms with van der Waals surface area (Å²) in [7, 11) is 0. The van der Waals surface area contributed by atoms with Crippen LogP contribution >= 0.6 is 0 Å². The molecule has 0 bridgehead atoms. The number of hydrogen-bond acceptors (Lipinski definition) is 2. The number of imidazole rings is 1. The first-order valence-corrected chi connectivity index (χ1v) is 6.42. The van der Waals surface area contributed by atoms with Gasteiger partial charge in [-0.05, 0) is 44.7 Å². The summed E-state index contributed by atoms with van der Waals surface area (Å²) in [5.74, 6) is 1.31. The summed E-state index contributed by atoms with van der Waals surface area (Å²) in [6.45, 7) is 9.13. The summed E-state index contributed by atoms with van der Waals surface area (Å²) < 4.78 is 2.36. The van der Waals surface area contributed by atoms with Crippen molar-refractivity contribution in [2.75, 3.05) is 13.1 Å². The van der Waals surface area contributed by atoms with E-state index < -0.39 is 0 Å². The Labute approximate surface area is 98.3 Å². The highest BCUT2D eigenvalue weighted by Crippen LogP contribution is 2.27. The molecule has 3 heteroatoms. The lowest BCUT2D eigenvalue weighted by atomic mass is 9.92. The number of piperidine rings is 1. The van der Waals surface area contributed by atoms with Gasteiger partial charge in [-0.3, -0.25) is 0 Å². The van der Waals surface area contributed by atoms with E-state index in [-0.39, 0.29) is 0 Å². The molecule has 2 atom stereocenters. The molecule has 0 saturated carbocycles. The first-order valence-electron chi connectivity index (χ1n) is 6.42. The molecule has 2 heterocycles. The predicted octanol–water partition coefficient (Wildman–Crippen LogP) is 2.57. The molecule has 1 aliphatic rings. The summed E-state index contributed by atoms with van der Waals surface area (Å²) in [4.78, 5) is 4.30. The van der Waals surface area contributed by atoms with E-state index in [2.05, 4.69) is 35.6 Å². The third kappa shape index (κ3) is 2.29. The lowest BCUT2D eigenvalue weighted by Gasteiger charge is -2.30. The summed E-state index contributed by atoms with van der Waals surface area (Å²) in [6, 6.07) is 0.563. The molecule has 0 amide bonds. The standard InChI is InChI=1S/C13H23N3/c1-10(2)13-8-15-9-16(13)11(3)12-5-4-6-14-7-12/h8-12,14H,4-7H2,1-3H3. The van der Waals surface area contributed by atoms with Gasteiger partial charge in [0.05, 0.1) is 6.33 Å². The van der Waals surface area contributed by atoms with Gasteiger partial charge >= 0.3 is 0 Å². The fourth-order valence-corrected chi connectivity index (χ4v) is 2.62. The fourth-order valence-electron chi connectivity index (χ4n) is 2.62. The van der Waals surface area contributed by atoms with Crippen LogP contribution < -0.4 is 5.32 Å². The second kappa shape index (κ2) is 5.00. The molecule has 0 aliphatic carbocycles. The topological polar surface area (TPSA) is 29.9 Å². The summed E-state index contributed by atoms with van der Waals surface area (Å²) in [5, 5.41) is 3.49. The molecule has 2 rings (SSSR count). The minimum Gasteiger partial charge on any atom is -0.331 e. The highest BCUT2D eigenvalue weighted by atomic mass is 15.1. The molecule has 90 valence electrons. The van der Waals surface area contributed by atoms with Crippen LogP contribution in [0.2, 0.25) is 0 Å². The van der Waals surface area contributed by atoms with Gasteiger partial charge in [0.1, 0.15) is 0 Å². The smallest absolute Gasteiger partial charge is 0.0950 e. The van der Waals surface area contributed by atoms with Crippen LogP contribution in [0.3, 0.4) is 0 Å². The van der Waals surface area contributed by atoms with Gasteiger partial charge in [0.2, 0.25) is 0 Å². The number of hydrogen-bond donors (Lipinski definition) is 1. The Morgan fingerprint density at radius 2 is 2.25 bits per heavy atom. The maximum absolute atomic E-state index is 4.30. The molecular weight excluding hydrogens is 198 g/mol. The normalized spacial score (nSPS) is 23.6. The van der Waals surface area contributed by atoms with Gasteiger partial charge in [0, 0.05) is 17.9 Å². The largest absolute Gasteiger partial charge is 0.331 e. The third-order valence-corrected chi connectivity index (χ3v) is 3.74. The predicted molar refractivity (Wildman–Crippen MR) is 66.6 cm³/mol. The van der Waals surface area contributed by atoms with E-state index in [9.17, 15) is 0 Å². The quantitative estimate of drug-likeness (QED) is 0.850. The van der Waals surface area contributed by atoms with Gasteiger partial charge in [0.15, 0.2) is 0 Å². The van der Waals surface area contributed by atoms with Crippen molar-refractivity contribution < 1.29 is 0 Å². The number of nitrogens with one attached hydrogen (secondary N) is 1. The highest BCUT2D eigenvalue weighted by molar-refractivity contribution is 5.05. The Bertz CT molecular complexity index is 324. The molecule has 1 aromatic rings. The van der Waals surface area contributed by atoms with Gasteiger partial charge < -0.3 is 9.88 Å². The highest BCUT2D eigenvalue weighted by Gasteiger charge is 2.22. The van der Waals surface area contributed by atoms with Crippen molar-refractivity contribution in [3.63, 3.8) is 0 Å². The zero-order valence-corrected chi connectivity index (χ0v) is 10.6. The van der Waals surface area contributed by atoms with Crippen LogP contribution in [0, 0.1) is 5.92 Å². The monoisotopic (exact) mass is 221 g/mol. The van der Waals surface area contributed by atoms with Crippen molar-refractivity contribution in [3.05, 3.63) is 18.2 Å². The molecular formula is C13H23N3. The fraction of sp³-hybridized carbons (Fsp3) is 0.769. The molecule has 1 aromatic heterocycles. The Hall–Kier alpha value is -0.830. The van der Waals surface area contributed by atoms with Gasteiger partial charge in [-0.2, -0.15) is 0 Å². The minimum absolute atomic E-state index is 0.557. The van der Waals surface area contributed by atoms with E-state index >= 15 is 0 Å². The third-order valence-electron chi connectivity index (χ3n) is 3.74. The van der Waals surface area contributed by atoms with E-state index in [1.807, 2.05) is 12.5 Å². The molecule has 16 heavy (non-hydrogen) atoms. The average Bonchev–Trinajstić information content (AvgIpc) is 2.78. The molecule has 0 aromatic carbocycles. The Morgan fingerprint density at radius 3 is 2.88 bits per heavy atom. The number of nitrogens with zero attached hydrogens (tertiary/aromatic N) is 2. The van der Waals surface area contributed by atoms with Gasteiger partial charge in [-0.1, -0.05) is 13.8 Å². The molecule has 0 radical (unpaired) electrons. The van der Waals surface area contributed by atoms with Crippen molar-refractivity contribution in [3.8, 4) is 0 Å². The zero-order valence-electron chi connectivity index (χ0n) is 10.6. The first-order chi connectivity index (χ1) is 7.70. The van der Waals surface area contributed by atoms with Crippen LogP contribution in [-0.4, -0.2) is 22.6 Å². The van der Waals surface area contributed by atoms with Gasteiger partial charge in [-0.15, -0.1) is 0 Å². The average molecular weight is 221 g/mol. The maximum Gasteiger partial charge on any atom is 0.0950 e. The van der Waals surface area contributed by atoms with E-state index in [0.29, 0.717) is 12.0 Å². The van der Waals surface area contributed by atoms with E-state index in [4.69, 9.17) is 0 Å². The Balaban J connectivity index is 2.12. The molecule has 1 saturated heterocycles. The number of aromatic nitrogens is 2. The van der Waals surface area contributed by atoms with Crippen molar-refractivity contribution in [2.24, 2.45) is 5.92 Å². The minimum atomic E-state index is 0.557. The second-order valence-corrected chi connectivity index (χ2v) is 5.23. The van der Waals surface area contributed by atoms with Crippen LogP contribution in [0.4, 0.5) is 0 Å². The van der Waals surface area contributed by atoms with Crippen LogP contribution in [0.25, 0.3) is 0 Å². The Morgan fingerprint density at radius 1 is 1.44 bits per heavy atom. The van der Waals surface area contributed by atoms with Crippen molar-refractivity contribution in [1.29, 1.82) is 0 Å². The molecule has 0 spiro atoms. The van der Waals surface area contributed by atoms with Crippen LogP contribution in [0.15, 0.2) is 12.5 Å². The summed E-state index contributed by atoms with van der Waals surface area (Å²) >= 11 is 0. The van der Waals surface area contributed by atoms with Crippen molar-refractivity contribution in [2.45, 2.75) is 45.6 Å². The molecule has 2 unspecified atom stereocenters. The lowest BCUT2D eigenvalue weighted by molar-refractivity contribution is 0.275. The molecule has 3 nitrogen and oxygen atoms in total. The van der Waals surface area contributed by atoms with E-state index in [1.165, 1.54) is 25.1 Å². The lowest BCUT2D eigenvalue weighted by Crippen LogP contribution is -2.34. The molecule has 1 fully saturated rings.